The first-order valence-electron chi connectivity index (χ1n) is 22.4. The Morgan fingerprint density at radius 2 is 1.26 bits per heavy atom. The van der Waals surface area contributed by atoms with Crippen LogP contribution in [-0.2, 0) is 70.8 Å². The molecule has 0 bridgehead atoms. The van der Waals surface area contributed by atoms with Gasteiger partial charge in [-0.15, -0.1) is 11.3 Å². The number of Topliss-reactive ketones (excluding diaryl/α,β-unsaturated/α-hetero) is 3. The number of ketones is 3. The zero-order valence-corrected chi connectivity index (χ0v) is 37.8. The minimum absolute atomic E-state index is 0.135. The minimum atomic E-state index is -0.645. The van der Waals surface area contributed by atoms with Crippen LogP contribution in [0.25, 0.3) is 0 Å². The summed E-state index contributed by atoms with van der Waals surface area (Å²) < 4.78 is 0. The first kappa shape index (κ1) is 46.8. The van der Waals surface area contributed by atoms with Gasteiger partial charge in [0.2, 0.25) is 35.2 Å². The van der Waals surface area contributed by atoms with Gasteiger partial charge in [-0.2, -0.15) is 0 Å². The van der Waals surface area contributed by atoms with Gasteiger partial charge in [0, 0.05) is 55.1 Å². The fraction of sp³-hybridized carbons (Fsp3) is 0.469. The Kier molecular flexibility index (Phi) is 14.4. The monoisotopic (exact) mass is 905 g/mol. The molecule has 342 valence electrons. The zero-order chi connectivity index (χ0) is 46.6. The van der Waals surface area contributed by atoms with Gasteiger partial charge in [-0.1, -0.05) is 63.2 Å². The van der Waals surface area contributed by atoms with E-state index in [0.717, 1.165) is 52.8 Å². The molecule has 65 heavy (non-hydrogen) atoms. The van der Waals surface area contributed by atoms with Crippen molar-refractivity contribution in [3.8, 4) is 0 Å². The van der Waals surface area contributed by atoms with Crippen molar-refractivity contribution in [2.45, 2.75) is 130 Å². The highest BCUT2D eigenvalue weighted by molar-refractivity contribution is 7.14. The molecule has 2 atom stereocenters. The lowest BCUT2D eigenvalue weighted by molar-refractivity contribution is -0.139. The van der Waals surface area contributed by atoms with Crippen LogP contribution in [0.2, 0.25) is 0 Å². The second-order valence-corrected chi connectivity index (χ2v) is 19.8. The summed E-state index contributed by atoms with van der Waals surface area (Å²) in [6.45, 7) is 7.47. The number of thiophene rings is 1. The van der Waals surface area contributed by atoms with Gasteiger partial charge in [0.25, 0.3) is 17.7 Å². The number of fused-ring (bicyclic) bond motifs is 2. The summed E-state index contributed by atoms with van der Waals surface area (Å²) >= 11 is 1.25. The highest BCUT2D eigenvalue weighted by Crippen LogP contribution is 2.40. The maximum absolute atomic E-state index is 12.8. The van der Waals surface area contributed by atoms with Crippen LogP contribution in [0.1, 0.15) is 132 Å². The number of aryl methyl sites for hydroxylation is 2. The van der Waals surface area contributed by atoms with Crippen LogP contribution in [0.5, 0.6) is 0 Å². The third-order valence-corrected chi connectivity index (χ3v) is 14.4. The van der Waals surface area contributed by atoms with Gasteiger partial charge in [0.05, 0.1) is 11.4 Å². The standard InChI is InChI=1S/C27H34N2O5.C22H21N3O5S/c1-27(2,3)19-8-6-17(7-9-19)24(32)22(30)12-5-16-4-10-20-18(14-16)15-29(26(20)34)21-11-13-23(31)28-25(21)33;26-17(8-6-13-4-2-1-3-5-13)21(29)23-11-15-10-14-12-25(22(30)19(14)31-15)16-7-9-18(27)24-20(16)28/h4,10,14,17,19,21H,5-9,11-13,15H2,1-3H3,(H,28,31,33);1-5,10,16H,6-9,11-12H2,(H,23,29)(H,24,27,28). The number of hydrogen-bond donors (Lipinski definition) is 3. The third-order valence-electron chi connectivity index (χ3n) is 13.2. The van der Waals surface area contributed by atoms with E-state index < -0.39 is 35.6 Å². The molecule has 7 amide bonds. The van der Waals surface area contributed by atoms with Gasteiger partial charge in [-0.25, -0.2) is 0 Å². The molecule has 1 aromatic heterocycles. The Balaban J connectivity index is 0.000000195. The lowest BCUT2D eigenvalue weighted by Gasteiger charge is -2.36. The Morgan fingerprint density at radius 3 is 1.86 bits per heavy atom. The first-order valence-corrected chi connectivity index (χ1v) is 23.2. The number of benzene rings is 2. The van der Waals surface area contributed by atoms with Crippen molar-refractivity contribution in [3.05, 3.63) is 92.2 Å². The van der Waals surface area contributed by atoms with Crippen molar-refractivity contribution in [2.24, 2.45) is 17.3 Å². The Morgan fingerprint density at radius 1 is 0.677 bits per heavy atom. The van der Waals surface area contributed by atoms with E-state index in [4.69, 9.17) is 0 Å². The van der Waals surface area contributed by atoms with Crippen molar-refractivity contribution >= 4 is 70.0 Å². The van der Waals surface area contributed by atoms with Gasteiger partial charge < -0.3 is 15.1 Å². The molecular formula is C49H55N5O10S. The normalized spacial score (nSPS) is 21.8. The van der Waals surface area contributed by atoms with Crippen molar-refractivity contribution in [3.63, 3.8) is 0 Å². The number of carbonyl (C=O) groups is 10. The van der Waals surface area contributed by atoms with Crippen LogP contribution in [-0.4, -0.2) is 80.6 Å². The molecule has 3 fully saturated rings. The van der Waals surface area contributed by atoms with Crippen molar-refractivity contribution in [1.82, 2.24) is 25.8 Å². The van der Waals surface area contributed by atoms with Crippen molar-refractivity contribution in [2.75, 3.05) is 0 Å². The second-order valence-electron chi connectivity index (χ2n) is 18.7. The number of hydrogen-bond acceptors (Lipinski definition) is 11. The van der Waals surface area contributed by atoms with Crippen LogP contribution < -0.4 is 16.0 Å². The summed E-state index contributed by atoms with van der Waals surface area (Å²) in [7, 11) is 0. The minimum Gasteiger partial charge on any atom is -0.345 e. The molecule has 5 aliphatic rings. The highest BCUT2D eigenvalue weighted by atomic mass is 32.1. The van der Waals surface area contributed by atoms with Crippen LogP contribution in [0.3, 0.4) is 0 Å². The number of nitrogens with one attached hydrogen (secondary N) is 3. The van der Waals surface area contributed by atoms with Gasteiger partial charge in [-0.3, -0.25) is 58.6 Å². The number of amides is 7. The number of rotatable bonds is 13. The van der Waals surface area contributed by atoms with Crippen molar-refractivity contribution in [1.29, 1.82) is 0 Å². The van der Waals surface area contributed by atoms with E-state index in [1.165, 1.54) is 21.1 Å². The number of nitrogens with zero attached hydrogens (tertiary/aromatic N) is 2. The molecule has 8 rings (SSSR count). The number of carbonyl (C=O) groups excluding carboxylic acids is 10. The molecule has 1 aliphatic carbocycles. The molecule has 5 heterocycles. The molecule has 0 spiro atoms. The molecule has 16 heteroatoms. The zero-order valence-electron chi connectivity index (χ0n) is 37.0. The van der Waals surface area contributed by atoms with E-state index >= 15 is 0 Å². The van der Waals surface area contributed by atoms with E-state index in [-0.39, 0.29) is 78.8 Å². The van der Waals surface area contributed by atoms with Gasteiger partial charge in [0.1, 0.15) is 12.1 Å². The summed E-state index contributed by atoms with van der Waals surface area (Å²) in [4.78, 5) is 126. The number of piperidine rings is 2. The van der Waals surface area contributed by atoms with Crippen LogP contribution in [0.4, 0.5) is 0 Å². The fourth-order valence-corrected chi connectivity index (χ4v) is 10.5. The van der Waals surface area contributed by atoms with Crippen LogP contribution in [0, 0.1) is 17.3 Å². The van der Waals surface area contributed by atoms with Gasteiger partial charge in [-0.05, 0) is 97.1 Å². The molecular weight excluding hydrogens is 851 g/mol. The molecule has 3 aromatic rings. The largest absolute Gasteiger partial charge is 0.345 e. The predicted molar refractivity (Wildman–Crippen MR) is 238 cm³/mol. The Hall–Kier alpha value is -6.16. The summed E-state index contributed by atoms with van der Waals surface area (Å²) in [6, 6.07) is 15.5. The van der Waals surface area contributed by atoms with E-state index in [2.05, 4.69) is 36.7 Å². The van der Waals surface area contributed by atoms with E-state index in [9.17, 15) is 47.9 Å². The third kappa shape index (κ3) is 11.0. The molecule has 4 aliphatic heterocycles. The number of imide groups is 2. The molecule has 2 unspecified atom stereocenters. The summed E-state index contributed by atoms with van der Waals surface area (Å²) in [5.41, 5.74) is 4.28. The van der Waals surface area contributed by atoms with Gasteiger partial charge >= 0.3 is 0 Å². The average molecular weight is 906 g/mol. The Bertz CT molecular complexity index is 2430. The van der Waals surface area contributed by atoms with Gasteiger partial charge in [0.15, 0.2) is 5.78 Å². The molecule has 1 saturated carbocycles. The van der Waals surface area contributed by atoms with Crippen molar-refractivity contribution < 1.29 is 47.9 Å². The first-order chi connectivity index (χ1) is 31.0. The predicted octanol–water partition coefficient (Wildman–Crippen LogP) is 4.70. The molecule has 2 saturated heterocycles. The lowest BCUT2D eigenvalue weighted by Crippen LogP contribution is -2.52. The average Bonchev–Trinajstić information content (AvgIpc) is 3.94. The maximum atomic E-state index is 12.8. The van der Waals surface area contributed by atoms with E-state index in [1.54, 1.807) is 6.07 Å². The van der Waals surface area contributed by atoms with E-state index in [0.29, 0.717) is 55.1 Å². The fourth-order valence-electron chi connectivity index (χ4n) is 9.38. The SMILES string of the molecule is CC(C)(C)C1CCC(C(=O)C(=O)CCc2ccc3c(c2)CN(C2CCC(=O)NC2=O)C3=O)CC1.O=C1CCC(N2Cc3cc(CNC(=O)C(=O)CCc4ccccc4)sc3C2=O)C(=O)N1. The molecule has 3 N–H and O–H groups in total. The Labute approximate surface area is 381 Å². The molecule has 2 aromatic carbocycles. The second kappa shape index (κ2) is 19.9. The maximum Gasteiger partial charge on any atom is 0.287 e. The van der Waals surface area contributed by atoms with Crippen LogP contribution in [0.15, 0.2) is 54.6 Å². The summed E-state index contributed by atoms with van der Waals surface area (Å²) in [5.74, 6) is -3.17. The molecule has 0 radical (unpaired) electrons. The summed E-state index contributed by atoms with van der Waals surface area (Å²) in [5, 5.41) is 7.20. The molecule has 15 nitrogen and oxygen atoms in total. The van der Waals surface area contributed by atoms with E-state index in [1.807, 2.05) is 48.5 Å². The lowest BCUT2D eigenvalue weighted by atomic mass is 9.69. The smallest absolute Gasteiger partial charge is 0.287 e. The topological polar surface area (TPSA) is 213 Å². The summed E-state index contributed by atoms with van der Waals surface area (Å²) in [6.07, 6.45) is 5.91. The highest BCUT2D eigenvalue weighted by Gasteiger charge is 2.41. The van der Waals surface area contributed by atoms with Crippen LogP contribution >= 0.6 is 11.3 Å². The quantitative estimate of drug-likeness (QED) is 0.159.